The number of aromatic hydroxyl groups is 1. The Balaban J connectivity index is 1.78. The molecule has 0 fully saturated rings. The van der Waals surface area contributed by atoms with Crippen LogP contribution in [-0.2, 0) is 16.1 Å². The number of ether oxygens (including phenoxy) is 1. The number of carbonyl (C=O) groups is 2. The van der Waals surface area contributed by atoms with Crippen LogP contribution in [-0.4, -0.2) is 28.9 Å². The predicted octanol–water partition coefficient (Wildman–Crippen LogP) is 2.42. The molecule has 0 bridgehead atoms. The zero-order valence-corrected chi connectivity index (χ0v) is 14.5. The van der Waals surface area contributed by atoms with Crippen molar-refractivity contribution in [3.05, 3.63) is 64.9 Å². The molecule has 0 radical (unpaired) electrons. The van der Waals surface area contributed by atoms with Crippen molar-refractivity contribution in [3.63, 3.8) is 0 Å². The van der Waals surface area contributed by atoms with Crippen molar-refractivity contribution < 1.29 is 28.2 Å². The number of hydrogen-bond acceptors (Lipinski definition) is 6. The van der Waals surface area contributed by atoms with Gasteiger partial charge in [0.2, 0.25) is 0 Å². The number of nitrogens with one attached hydrogen (secondary N) is 1. The van der Waals surface area contributed by atoms with Gasteiger partial charge in [-0.3, -0.25) is 14.5 Å². The molecule has 2 N–H and O–H groups in total. The molecule has 2 aromatic carbocycles. The normalized spacial score (nSPS) is 13.4. The number of methoxy groups -OCH3 is 1. The van der Waals surface area contributed by atoms with E-state index in [1.165, 1.54) is 13.2 Å². The Morgan fingerprint density at radius 2 is 1.89 bits per heavy atom. The number of nitrogens with zero attached hydrogens (tertiary/aromatic N) is 2. The number of rotatable bonds is 5. The summed E-state index contributed by atoms with van der Waals surface area (Å²) in [5.74, 6) is -4.52. The monoisotopic (exact) mass is 385 g/mol. The molecule has 0 atom stereocenters. The summed E-state index contributed by atoms with van der Waals surface area (Å²) in [6, 6.07) is 8.20. The molecular weight excluding hydrogens is 372 g/mol. The molecule has 0 aliphatic carbocycles. The molecule has 0 unspecified atom stereocenters. The van der Waals surface area contributed by atoms with E-state index in [1.807, 2.05) is 6.07 Å². The molecule has 1 heterocycles. The van der Waals surface area contributed by atoms with Gasteiger partial charge in [0, 0.05) is 23.9 Å². The molecule has 0 saturated carbocycles. The van der Waals surface area contributed by atoms with Gasteiger partial charge in [-0.05, 0) is 17.7 Å². The second-order valence-corrected chi connectivity index (χ2v) is 5.85. The number of benzene rings is 2. The van der Waals surface area contributed by atoms with Gasteiger partial charge in [0.1, 0.15) is 17.5 Å². The highest BCUT2D eigenvalue weighted by atomic mass is 19.1. The summed E-state index contributed by atoms with van der Waals surface area (Å²) in [6.45, 7) is -0.101. The van der Waals surface area contributed by atoms with Crippen LogP contribution in [0, 0.1) is 23.0 Å². The van der Waals surface area contributed by atoms with E-state index in [-0.39, 0.29) is 23.5 Å². The van der Waals surface area contributed by atoms with Gasteiger partial charge < -0.3 is 15.2 Å². The third-order valence-electron chi connectivity index (χ3n) is 4.03. The van der Waals surface area contributed by atoms with Gasteiger partial charge in [-0.1, -0.05) is 6.07 Å². The maximum absolute atomic E-state index is 13.4. The average Bonchev–Trinajstić information content (AvgIpc) is 2.93. The molecule has 3 rings (SSSR count). The van der Waals surface area contributed by atoms with E-state index in [1.54, 1.807) is 12.1 Å². The maximum Gasteiger partial charge on any atom is 0.277 e. The lowest BCUT2D eigenvalue weighted by atomic mass is 10.1. The van der Waals surface area contributed by atoms with Crippen LogP contribution in [0.1, 0.15) is 11.1 Å². The first-order chi connectivity index (χ1) is 13.3. The number of amides is 2. The summed E-state index contributed by atoms with van der Waals surface area (Å²) in [4.78, 5) is 25.6. The third kappa shape index (κ3) is 3.48. The second kappa shape index (κ2) is 7.36. The zero-order chi connectivity index (χ0) is 20.4. The fourth-order valence-corrected chi connectivity index (χ4v) is 2.66. The van der Waals surface area contributed by atoms with Crippen molar-refractivity contribution in [3.8, 4) is 17.6 Å². The van der Waals surface area contributed by atoms with Crippen LogP contribution in [0.25, 0.3) is 0 Å². The number of carbonyl (C=O) groups excluding carboxylic acids is 2. The van der Waals surface area contributed by atoms with Crippen molar-refractivity contribution in [2.75, 3.05) is 12.4 Å². The van der Waals surface area contributed by atoms with Crippen LogP contribution in [0.4, 0.5) is 14.5 Å². The van der Waals surface area contributed by atoms with E-state index in [0.29, 0.717) is 11.3 Å². The molecule has 0 spiro atoms. The van der Waals surface area contributed by atoms with Crippen LogP contribution in [0.5, 0.6) is 11.5 Å². The number of anilines is 1. The van der Waals surface area contributed by atoms with Crippen LogP contribution in [0.15, 0.2) is 42.1 Å². The number of phenolic OH excluding ortho intramolecular Hbond substituents is 1. The molecule has 0 saturated heterocycles. The molecule has 0 aromatic heterocycles. The van der Waals surface area contributed by atoms with Crippen molar-refractivity contribution in [2.45, 2.75) is 6.54 Å². The Bertz CT molecular complexity index is 1040. The first-order valence-electron chi connectivity index (χ1n) is 7.93. The quantitative estimate of drug-likeness (QED) is 0.605. The number of phenols is 1. The third-order valence-corrected chi connectivity index (χ3v) is 4.03. The smallest absolute Gasteiger partial charge is 0.277 e. The molecule has 2 aromatic rings. The van der Waals surface area contributed by atoms with Gasteiger partial charge in [-0.25, -0.2) is 8.78 Å². The Labute approximate surface area is 158 Å². The molecule has 1 aliphatic heterocycles. The zero-order valence-electron chi connectivity index (χ0n) is 14.5. The van der Waals surface area contributed by atoms with E-state index >= 15 is 0 Å². The van der Waals surface area contributed by atoms with Crippen molar-refractivity contribution in [2.24, 2.45) is 0 Å². The molecule has 142 valence electrons. The molecule has 7 nitrogen and oxygen atoms in total. The highest BCUT2D eigenvalue weighted by molar-refractivity contribution is 6.17. The van der Waals surface area contributed by atoms with Gasteiger partial charge in [0.25, 0.3) is 11.8 Å². The van der Waals surface area contributed by atoms with E-state index in [2.05, 4.69) is 5.32 Å². The minimum atomic E-state index is -1.21. The lowest BCUT2D eigenvalue weighted by Gasteiger charge is -2.16. The predicted molar refractivity (Wildman–Crippen MR) is 93.0 cm³/mol. The van der Waals surface area contributed by atoms with Crippen LogP contribution in [0.2, 0.25) is 0 Å². The Hall–Kier alpha value is -3.93. The minimum Gasteiger partial charge on any atom is -0.503 e. The molecule has 9 heteroatoms. The Morgan fingerprint density at radius 3 is 2.50 bits per heavy atom. The van der Waals surface area contributed by atoms with Crippen molar-refractivity contribution in [1.82, 2.24) is 4.90 Å². The SMILES string of the molecule is COc1ccc(CN2C(=O)C=C(Nc3cc(F)c(O)c(F)c3)C2=O)cc1C#N. The molecule has 1 aliphatic rings. The second-order valence-electron chi connectivity index (χ2n) is 5.85. The van der Waals surface area contributed by atoms with Crippen molar-refractivity contribution in [1.29, 1.82) is 5.26 Å². The minimum absolute atomic E-state index is 0.101. The number of halogens is 2. The first-order valence-corrected chi connectivity index (χ1v) is 7.93. The maximum atomic E-state index is 13.4. The topological polar surface area (TPSA) is 103 Å². The number of hydrogen-bond donors (Lipinski definition) is 2. The van der Waals surface area contributed by atoms with E-state index in [0.717, 1.165) is 23.1 Å². The fraction of sp³-hybridized carbons (Fsp3) is 0.105. The van der Waals surface area contributed by atoms with Crippen LogP contribution >= 0.6 is 0 Å². The summed E-state index contributed by atoms with van der Waals surface area (Å²) in [6.07, 6.45) is 1.000. The van der Waals surface area contributed by atoms with E-state index < -0.39 is 29.2 Å². The van der Waals surface area contributed by atoms with Gasteiger partial charge in [0.05, 0.1) is 19.2 Å². The molecule has 28 heavy (non-hydrogen) atoms. The van der Waals surface area contributed by atoms with Gasteiger partial charge in [-0.2, -0.15) is 5.26 Å². The summed E-state index contributed by atoms with van der Waals surface area (Å²) < 4.78 is 31.9. The lowest BCUT2D eigenvalue weighted by Crippen LogP contribution is -2.31. The summed E-state index contributed by atoms with van der Waals surface area (Å²) in [5.41, 5.74) is 0.456. The Morgan fingerprint density at radius 1 is 1.21 bits per heavy atom. The van der Waals surface area contributed by atoms with Crippen molar-refractivity contribution >= 4 is 17.5 Å². The van der Waals surface area contributed by atoms with E-state index in [9.17, 15) is 18.4 Å². The summed E-state index contributed by atoms with van der Waals surface area (Å²) in [7, 11) is 1.42. The summed E-state index contributed by atoms with van der Waals surface area (Å²) in [5, 5.41) is 20.7. The van der Waals surface area contributed by atoms with Crippen LogP contribution in [0.3, 0.4) is 0 Å². The number of nitriles is 1. The van der Waals surface area contributed by atoms with Gasteiger partial charge >= 0.3 is 0 Å². The molecule has 2 amide bonds. The highest BCUT2D eigenvalue weighted by Crippen LogP contribution is 2.27. The van der Waals surface area contributed by atoms with E-state index in [4.69, 9.17) is 15.1 Å². The van der Waals surface area contributed by atoms with Gasteiger partial charge in [0.15, 0.2) is 17.4 Å². The first kappa shape index (κ1) is 18.8. The standard InChI is InChI=1S/C19H13F2N3O4/c1-28-16-3-2-10(4-11(16)8-22)9-24-17(25)7-15(19(24)27)23-12-5-13(20)18(26)14(21)6-12/h2-7,23,26H,9H2,1H3. The number of imide groups is 1. The lowest BCUT2D eigenvalue weighted by molar-refractivity contribution is -0.137. The highest BCUT2D eigenvalue weighted by Gasteiger charge is 2.31. The van der Waals surface area contributed by atoms with Crippen LogP contribution < -0.4 is 10.1 Å². The molecular formula is C19H13F2N3O4. The largest absolute Gasteiger partial charge is 0.503 e. The Kier molecular flexibility index (Phi) is 4.96. The average molecular weight is 385 g/mol. The summed E-state index contributed by atoms with van der Waals surface area (Å²) >= 11 is 0. The van der Waals surface area contributed by atoms with Gasteiger partial charge in [-0.15, -0.1) is 0 Å². The fourth-order valence-electron chi connectivity index (χ4n) is 2.66.